The molecule has 0 aliphatic heterocycles. The van der Waals surface area contributed by atoms with Crippen molar-refractivity contribution in [3.8, 4) is 0 Å². The van der Waals surface area contributed by atoms with E-state index >= 15 is 0 Å². The molecule has 100 valence electrons. The molecule has 1 aromatic carbocycles. The lowest BCUT2D eigenvalue weighted by molar-refractivity contribution is 0.556. The Morgan fingerprint density at radius 1 is 1.16 bits per heavy atom. The van der Waals surface area contributed by atoms with Crippen LogP contribution in [-0.4, -0.2) is 17.0 Å². The van der Waals surface area contributed by atoms with Gasteiger partial charge in [0.05, 0.1) is 16.1 Å². The highest BCUT2D eigenvalue weighted by Gasteiger charge is 2.13. The maximum absolute atomic E-state index is 6.02. The molecule has 0 spiro atoms. The third-order valence-corrected chi connectivity index (χ3v) is 3.62. The van der Waals surface area contributed by atoms with Crippen molar-refractivity contribution in [1.29, 1.82) is 0 Å². The Bertz CT molecular complexity index is 555. The van der Waals surface area contributed by atoms with E-state index in [1.54, 1.807) is 0 Å². The number of benzene rings is 1. The molecule has 0 bridgehead atoms. The van der Waals surface area contributed by atoms with Crippen molar-refractivity contribution in [3.05, 3.63) is 57.6 Å². The molecule has 1 N–H and O–H groups in total. The summed E-state index contributed by atoms with van der Waals surface area (Å²) >= 11 is 11.9. The molecule has 19 heavy (non-hydrogen) atoms. The van der Waals surface area contributed by atoms with Crippen LogP contribution in [0.5, 0.6) is 0 Å². The molecule has 1 unspecified atom stereocenters. The van der Waals surface area contributed by atoms with Crippen molar-refractivity contribution in [3.63, 3.8) is 0 Å². The van der Waals surface area contributed by atoms with Gasteiger partial charge < -0.3 is 5.32 Å². The number of aromatic nitrogens is 2. The number of hydrogen-bond acceptors (Lipinski definition) is 3. The minimum Gasteiger partial charge on any atom is -0.310 e. The van der Waals surface area contributed by atoms with Gasteiger partial charge in [-0.2, -0.15) is 0 Å². The van der Waals surface area contributed by atoms with Crippen molar-refractivity contribution in [2.45, 2.75) is 19.4 Å². The van der Waals surface area contributed by atoms with Crippen molar-refractivity contribution in [2.24, 2.45) is 0 Å². The monoisotopic (exact) mass is 295 g/mol. The number of nitrogens with one attached hydrogen (secondary N) is 1. The van der Waals surface area contributed by atoms with Gasteiger partial charge in [-0.15, -0.1) is 0 Å². The Balaban J connectivity index is 2.18. The Kier molecular flexibility index (Phi) is 4.75. The van der Waals surface area contributed by atoms with E-state index in [1.165, 1.54) is 0 Å². The Labute approximate surface area is 123 Å². The molecule has 5 heteroatoms. The van der Waals surface area contributed by atoms with Gasteiger partial charge in [0.1, 0.15) is 5.82 Å². The fourth-order valence-electron chi connectivity index (χ4n) is 1.81. The molecular formula is C14H15Cl2N3. The lowest BCUT2D eigenvalue weighted by atomic mass is 10.1. The topological polar surface area (TPSA) is 37.8 Å². The molecule has 0 aliphatic carbocycles. The SMILES string of the molecule is CNC(Cc1ccc(Cl)c(Cl)c1)c1ncc(C)cn1. The van der Waals surface area contributed by atoms with E-state index in [4.69, 9.17) is 23.2 Å². The maximum Gasteiger partial charge on any atom is 0.145 e. The Hall–Kier alpha value is -1.16. The Morgan fingerprint density at radius 2 is 1.84 bits per heavy atom. The molecule has 0 amide bonds. The van der Waals surface area contributed by atoms with Gasteiger partial charge in [-0.05, 0) is 43.7 Å². The predicted molar refractivity (Wildman–Crippen MR) is 78.7 cm³/mol. The van der Waals surface area contributed by atoms with Gasteiger partial charge in [-0.1, -0.05) is 29.3 Å². The standard InChI is InChI=1S/C14H15Cl2N3/c1-9-7-18-14(19-8-9)13(17-2)6-10-3-4-11(15)12(16)5-10/h3-5,7-8,13,17H,6H2,1-2H3. The predicted octanol–water partition coefficient (Wildman–Crippen LogP) is 3.60. The second kappa shape index (κ2) is 6.33. The van der Waals surface area contributed by atoms with E-state index in [-0.39, 0.29) is 6.04 Å². The van der Waals surface area contributed by atoms with Crippen LogP contribution < -0.4 is 5.32 Å². The molecule has 0 saturated heterocycles. The molecule has 1 aromatic heterocycles. The number of likely N-dealkylation sites (N-methyl/N-ethyl adjacent to an activating group) is 1. The maximum atomic E-state index is 6.02. The van der Waals surface area contributed by atoms with Crippen LogP contribution in [0.4, 0.5) is 0 Å². The summed E-state index contributed by atoms with van der Waals surface area (Å²) < 4.78 is 0. The molecule has 0 aliphatic rings. The zero-order valence-corrected chi connectivity index (χ0v) is 12.3. The molecule has 0 saturated carbocycles. The fourth-order valence-corrected chi connectivity index (χ4v) is 2.13. The first-order chi connectivity index (χ1) is 9.10. The average molecular weight is 296 g/mol. The van der Waals surface area contributed by atoms with Gasteiger partial charge in [0, 0.05) is 12.4 Å². The normalized spacial score (nSPS) is 12.4. The van der Waals surface area contributed by atoms with Crippen molar-refractivity contribution in [2.75, 3.05) is 7.05 Å². The summed E-state index contributed by atoms with van der Waals surface area (Å²) in [5.74, 6) is 0.777. The largest absolute Gasteiger partial charge is 0.310 e. The summed E-state index contributed by atoms with van der Waals surface area (Å²) in [7, 11) is 1.89. The van der Waals surface area contributed by atoms with Crippen LogP contribution in [0.15, 0.2) is 30.6 Å². The number of nitrogens with zero attached hydrogens (tertiary/aromatic N) is 2. The first-order valence-electron chi connectivity index (χ1n) is 6.00. The van der Waals surface area contributed by atoms with Crippen molar-refractivity contribution < 1.29 is 0 Å². The van der Waals surface area contributed by atoms with E-state index in [1.807, 2.05) is 44.6 Å². The first kappa shape index (κ1) is 14.3. The highest BCUT2D eigenvalue weighted by Crippen LogP contribution is 2.24. The number of aryl methyl sites for hydroxylation is 1. The van der Waals surface area contributed by atoms with Gasteiger partial charge >= 0.3 is 0 Å². The third kappa shape index (κ3) is 3.66. The Morgan fingerprint density at radius 3 is 2.42 bits per heavy atom. The molecule has 0 radical (unpaired) electrons. The zero-order valence-electron chi connectivity index (χ0n) is 10.8. The fraction of sp³-hybridized carbons (Fsp3) is 0.286. The van der Waals surface area contributed by atoms with Crippen LogP contribution in [0.2, 0.25) is 10.0 Å². The summed E-state index contributed by atoms with van der Waals surface area (Å²) in [5, 5.41) is 4.36. The summed E-state index contributed by atoms with van der Waals surface area (Å²) in [6.45, 7) is 1.97. The van der Waals surface area contributed by atoms with Crippen LogP contribution in [-0.2, 0) is 6.42 Å². The summed E-state index contributed by atoms with van der Waals surface area (Å²) in [5.41, 5.74) is 2.14. The molecule has 0 fully saturated rings. The van der Waals surface area contributed by atoms with Gasteiger partial charge in [0.25, 0.3) is 0 Å². The van der Waals surface area contributed by atoms with Gasteiger partial charge in [-0.25, -0.2) is 9.97 Å². The number of halogens is 2. The number of hydrogen-bond donors (Lipinski definition) is 1. The first-order valence-corrected chi connectivity index (χ1v) is 6.75. The molecule has 2 aromatic rings. The molecule has 1 atom stereocenters. The summed E-state index contributed by atoms with van der Waals surface area (Å²) in [6, 6.07) is 5.70. The zero-order chi connectivity index (χ0) is 13.8. The lowest BCUT2D eigenvalue weighted by Gasteiger charge is -2.15. The minimum absolute atomic E-state index is 0.0536. The second-order valence-corrected chi connectivity index (χ2v) is 5.23. The van der Waals surface area contributed by atoms with Gasteiger partial charge in [0.15, 0.2) is 0 Å². The van der Waals surface area contributed by atoms with Gasteiger partial charge in [0.2, 0.25) is 0 Å². The van der Waals surface area contributed by atoms with Crippen LogP contribution >= 0.6 is 23.2 Å². The van der Waals surface area contributed by atoms with E-state index in [9.17, 15) is 0 Å². The average Bonchev–Trinajstić information content (AvgIpc) is 2.41. The van der Waals surface area contributed by atoms with Gasteiger partial charge in [-0.3, -0.25) is 0 Å². The van der Waals surface area contributed by atoms with E-state index in [0.29, 0.717) is 10.0 Å². The highest BCUT2D eigenvalue weighted by molar-refractivity contribution is 6.42. The van der Waals surface area contributed by atoms with Crippen molar-refractivity contribution in [1.82, 2.24) is 15.3 Å². The molecular weight excluding hydrogens is 281 g/mol. The number of rotatable bonds is 4. The molecule has 3 nitrogen and oxygen atoms in total. The molecule has 2 rings (SSSR count). The second-order valence-electron chi connectivity index (χ2n) is 4.41. The van der Waals surface area contributed by atoms with E-state index in [0.717, 1.165) is 23.4 Å². The van der Waals surface area contributed by atoms with Crippen molar-refractivity contribution >= 4 is 23.2 Å². The lowest BCUT2D eigenvalue weighted by Crippen LogP contribution is -2.21. The van der Waals surface area contributed by atoms with Crippen LogP contribution in [0, 0.1) is 6.92 Å². The van der Waals surface area contributed by atoms with Crippen LogP contribution in [0.25, 0.3) is 0 Å². The van der Waals surface area contributed by atoms with Crippen LogP contribution in [0.3, 0.4) is 0 Å². The summed E-state index contributed by atoms with van der Waals surface area (Å²) in [6.07, 6.45) is 4.40. The van der Waals surface area contributed by atoms with Crippen LogP contribution in [0.1, 0.15) is 23.0 Å². The summed E-state index contributed by atoms with van der Waals surface area (Å²) in [4.78, 5) is 8.71. The quantitative estimate of drug-likeness (QED) is 0.937. The van der Waals surface area contributed by atoms with E-state index in [2.05, 4.69) is 15.3 Å². The molecule has 1 heterocycles. The third-order valence-electron chi connectivity index (χ3n) is 2.88. The highest BCUT2D eigenvalue weighted by atomic mass is 35.5. The smallest absolute Gasteiger partial charge is 0.145 e. The van der Waals surface area contributed by atoms with E-state index < -0.39 is 0 Å². The minimum atomic E-state index is 0.0536.